The Labute approximate surface area is 129 Å². The summed E-state index contributed by atoms with van der Waals surface area (Å²) in [5, 5.41) is 0.738. The SMILES string of the molecule is CCCn1c(-c2ccc(Cl)cc2)nc2cc(CN)ccc21. The van der Waals surface area contributed by atoms with Crippen LogP contribution < -0.4 is 5.73 Å². The summed E-state index contributed by atoms with van der Waals surface area (Å²) in [6, 6.07) is 14.1. The first-order chi connectivity index (χ1) is 10.2. The van der Waals surface area contributed by atoms with Crippen molar-refractivity contribution >= 4 is 22.6 Å². The quantitative estimate of drug-likeness (QED) is 0.783. The van der Waals surface area contributed by atoms with E-state index in [0.717, 1.165) is 46.0 Å². The zero-order chi connectivity index (χ0) is 14.8. The van der Waals surface area contributed by atoms with E-state index in [0.29, 0.717) is 6.54 Å². The fourth-order valence-electron chi connectivity index (χ4n) is 2.57. The molecule has 0 bridgehead atoms. The van der Waals surface area contributed by atoms with Crippen LogP contribution >= 0.6 is 11.6 Å². The van der Waals surface area contributed by atoms with Gasteiger partial charge in [-0.05, 0) is 48.4 Å². The first kappa shape index (κ1) is 14.1. The van der Waals surface area contributed by atoms with Crippen molar-refractivity contribution < 1.29 is 0 Å². The largest absolute Gasteiger partial charge is 0.326 e. The van der Waals surface area contributed by atoms with E-state index < -0.39 is 0 Å². The number of halogens is 1. The Kier molecular flexibility index (Phi) is 3.95. The molecule has 3 rings (SSSR count). The molecule has 0 spiro atoms. The van der Waals surface area contributed by atoms with Gasteiger partial charge in [-0.2, -0.15) is 0 Å². The summed E-state index contributed by atoms with van der Waals surface area (Å²) in [7, 11) is 0. The van der Waals surface area contributed by atoms with Gasteiger partial charge in [0.15, 0.2) is 0 Å². The number of imidazole rings is 1. The van der Waals surface area contributed by atoms with Crippen molar-refractivity contribution in [3.63, 3.8) is 0 Å². The van der Waals surface area contributed by atoms with Gasteiger partial charge < -0.3 is 10.3 Å². The Morgan fingerprint density at radius 1 is 1.14 bits per heavy atom. The van der Waals surface area contributed by atoms with Gasteiger partial charge >= 0.3 is 0 Å². The van der Waals surface area contributed by atoms with Crippen LogP contribution in [-0.4, -0.2) is 9.55 Å². The van der Waals surface area contributed by atoms with Crippen molar-refractivity contribution in [2.75, 3.05) is 0 Å². The van der Waals surface area contributed by atoms with Crippen LogP contribution in [0.3, 0.4) is 0 Å². The summed E-state index contributed by atoms with van der Waals surface area (Å²) in [6.07, 6.45) is 1.06. The summed E-state index contributed by atoms with van der Waals surface area (Å²) in [6.45, 7) is 3.65. The molecule has 1 aromatic heterocycles. The van der Waals surface area contributed by atoms with Crippen LogP contribution in [0.5, 0.6) is 0 Å². The summed E-state index contributed by atoms with van der Waals surface area (Å²) in [4.78, 5) is 4.80. The van der Waals surface area contributed by atoms with Crippen LogP contribution in [0.1, 0.15) is 18.9 Å². The van der Waals surface area contributed by atoms with Gasteiger partial charge in [-0.15, -0.1) is 0 Å². The van der Waals surface area contributed by atoms with Crippen LogP contribution in [0.4, 0.5) is 0 Å². The summed E-state index contributed by atoms with van der Waals surface area (Å²) in [5.74, 6) is 0.984. The second-order valence-corrected chi connectivity index (χ2v) is 5.56. The molecule has 21 heavy (non-hydrogen) atoms. The lowest BCUT2D eigenvalue weighted by Crippen LogP contribution is -2.00. The van der Waals surface area contributed by atoms with Crippen molar-refractivity contribution in [1.82, 2.24) is 9.55 Å². The predicted molar refractivity (Wildman–Crippen MR) is 88.4 cm³/mol. The normalized spacial score (nSPS) is 11.2. The Morgan fingerprint density at radius 2 is 1.90 bits per heavy atom. The summed E-state index contributed by atoms with van der Waals surface area (Å²) in [5.41, 5.74) is 10.1. The van der Waals surface area contributed by atoms with Crippen LogP contribution in [-0.2, 0) is 13.1 Å². The maximum absolute atomic E-state index is 5.98. The highest BCUT2D eigenvalue weighted by molar-refractivity contribution is 6.30. The molecule has 1 heterocycles. The van der Waals surface area contributed by atoms with Gasteiger partial charge in [-0.1, -0.05) is 24.6 Å². The number of aromatic nitrogens is 2. The molecule has 0 radical (unpaired) electrons. The second kappa shape index (κ2) is 5.88. The minimum absolute atomic E-state index is 0.535. The van der Waals surface area contributed by atoms with Crippen molar-refractivity contribution in [3.05, 3.63) is 53.1 Å². The average Bonchev–Trinajstić information content (AvgIpc) is 2.86. The molecule has 2 N–H and O–H groups in total. The molecule has 0 saturated carbocycles. The van der Waals surface area contributed by atoms with Gasteiger partial charge in [0, 0.05) is 23.7 Å². The number of hydrogen-bond acceptors (Lipinski definition) is 2. The third-order valence-electron chi connectivity index (χ3n) is 3.60. The van der Waals surface area contributed by atoms with E-state index in [2.05, 4.69) is 29.7 Å². The van der Waals surface area contributed by atoms with Gasteiger partial charge in [-0.25, -0.2) is 4.98 Å². The Hall–Kier alpha value is -1.84. The molecule has 2 aromatic carbocycles. The van der Waals surface area contributed by atoms with Crippen LogP contribution in [0.2, 0.25) is 5.02 Å². The molecule has 0 unspecified atom stereocenters. The van der Waals surface area contributed by atoms with E-state index in [9.17, 15) is 0 Å². The first-order valence-electron chi connectivity index (χ1n) is 7.18. The molecule has 108 valence electrons. The average molecular weight is 300 g/mol. The lowest BCUT2D eigenvalue weighted by Gasteiger charge is -2.08. The Bertz CT molecular complexity index is 760. The number of nitrogens with two attached hydrogens (primary N) is 1. The van der Waals surface area contributed by atoms with E-state index in [4.69, 9.17) is 22.3 Å². The van der Waals surface area contributed by atoms with Crippen LogP contribution in [0, 0.1) is 0 Å². The van der Waals surface area contributed by atoms with Crippen molar-refractivity contribution in [2.45, 2.75) is 26.4 Å². The molecular formula is C17H18ClN3. The number of benzene rings is 2. The molecule has 0 saturated heterocycles. The van der Waals surface area contributed by atoms with Crippen LogP contribution in [0.15, 0.2) is 42.5 Å². The third kappa shape index (κ3) is 2.67. The summed E-state index contributed by atoms with van der Waals surface area (Å²) < 4.78 is 2.26. The van der Waals surface area contributed by atoms with Gasteiger partial charge in [0.05, 0.1) is 11.0 Å². The minimum atomic E-state index is 0.535. The zero-order valence-electron chi connectivity index (χ0n) is 12.0. The number of hydrogen-bond donors (Lipinski definition) is 1. The predicted octanol–water partition coefficient (Wildman–Crippen LogP) is 4.23. The molecule has 0 aliphatic heterocycles. The lowest BCUT2D eigenvalue weighted by molar-refractivity contribution is 0.704. The van der Waals surface area contributed by atoms with Crippen molar-refractivity contribution in [1.29, 1.82) is 0 Å². The molecule has 0 fully saturated rings. The molecule has 0 atom stereocenters. The van der Waals surface area contributed by atoms with E-state index in [-0.39, 0.29) is 0 Å². The van der Waals surface area contributed by atoms with Gasteiger partial charge in [0.2, 0.25) is 0 Å². The van der Waals surface area contributed by atoms with Gasteiger partial charge in [0.1, 0.15) is 5.82 Å². The molecule has 0 amide bonds. The number of aryl methyl sites for hydroxylation is 1. The third-order valence-corrected chi connectivity index (χ3v) is 3.85. The van der Waals surface area contributed by atoms with Crippen molar-refractivity contribution in [3.8, 4) is 11.4 Å². The van der Waals surface area contributed by atoms with Crippen LogP contribution in [0.25, 0.3) is 22.4 Å². The first-order valence-corrected chi connectivity index (χ1v) is 7.56. The van der Waals surface area contributed by atoms with E-state index in [1.165, 1.54) is 0 Å². The molecule has 0 aliphatic carbocycles. The molecule has 3 aromatic rings. The molecule has 0 aliphatic rings. The van der Waals surface area contributed by atoms with Gasteiger partial charge in [0.25, 0.3) is 0 Å². The Balaban J connectivity index is 2.20. The number of fused-ring (bicyclic) bond motifs is 1. The second-order valence-electron chi connectivity index (χ2n) is 5.12. The highest BCUT2D eigenvalue weighted by Gasteiger charge is 2.12. The highest BCUT2D eigenvalue weighted by Crippen LogP contribution is 2.27. The number of nitrogens with zero attached hydrogens (tertiary/aromatic N) is 2. The van der Waals surface area contributed by atoms with E-state index in [1.807, 2.05) is 24.3 Å². The lowest BCUT2D eigenvalue weighted by atomic mass is 10.2. The minimum Gasteiger partial charge on any atom is -0.326 e. The zero-order valence-corrected chi connectivity index (χ0v) is 12.8. The molecule has 4 heteroatoms. The Morgan fingerprint density at radius 3 is 2.57 bits per heavy atom. The van der Waals surface area contributed by atoms with E-state index >= 15 is 0 Å². The van der Waals surface area contributed by atoms with E-state index in [1.54, 1.807) is 0 Å². The molecular weight excluding hydrogens is 282 g/mol. The monoisotopic (exact) mass is 299 g/mol. The number of rotatable bonds is 4. The maximum Gasteiger partial charge on any atom is 0.141 e. The maximum atomic E-state index is 5.98. The fourth-order valence-corrected chi connectivity index (χ4v) is 2.70. The fraction of sp³-hybridized carbons (Fsp3) is 0.235. The highest BCUT2D eigenvalue weighted by atomic mass is 35.5. The smallest absolute Gasteiger partial charge is 0.141 e. The van der Waals surface area contributed by atoms with Gasteiger partial charge in [-0.3, -0.25) is 0 Å². The molecule has 3 nitrogen and oxygen atoms in total. The summed E-state index contributed by atoms with van der Waals surface area (Å²) >= 11 is 5.98. The topological polar surface area (TPSA) is 43.8 Å². The van der Waals surface area contributed by atoms with Crippen molar-refractivity contribution in [2.24, 2.45) is 5.73 Å². The standard InChI is InChI=1S/C17H18ClN3/c1-2-9-21-16-8-3-12(11-19)10-15(16)20-17(21)13-4-6-14(18)7-5-13/h3-8,10H,2,9,11,19H2,1H3.